The topological polar surface area (TPSA) is 102 Å². The highest BCUT2D eigenvalue weighted by molar-refractivity contribution is 5.83. The molecule has 0 saturated carbocycles. The smallest absolute Gasteiger partial charge is 0.326 e. The van der Waals surface area contributed by atoms with Gasteiger partial charge in [0.2, 0.25) is 5.91 Å². The summed E-state index contributed by atoms with van der Waals surface area (Å²) in [4.78, 5) is 22.0. The van der Waals surface area contributed by atoms with Crippen LogP contribution >= 0.6 is 0 Å². The summed E-state index contributed by atoms with van der Waals surface area (Å²) >= 11 is 0. The number of ether oxygens (including phenoxy) is 1. The molecule has 0 radical (unpaired) electrons. The van der Waals surface area contributed by atoms with Crippen LogP contribution in [0.4, 0.5) is 0 Å². The number of hydrogen-bond donors (Lipinski definition) is 3. The summed E-state index contributed by atoms with van der Waals surface area (Å²) in [5.74, 6) is -1.39. The van der Waals surface area contributed by atoms with Crippen LogP contribution in [0.3, 0.4) is 0 Å². The molecular formula is C9H18N2O4. The van der Waals surface area contributed by atoms with Gasteiger partial charge in [-0.15, -0.1) is 0 Å². The summed E-state index contributed by atoms with van der Waals surface area (Å²) in [6, 6.07) is -0.840. The number of aliphatic carboxylic acids is 1. The number of rotatable bonds is 7. The van der Waals surface area contributed by atoms with Crippen molar-refractivity contribution in [2.75, 3.05) is 13.7 Å². The molecule has 6 nitrogen and oxygen atoms in total. The Kier molecular flexibility index (Phi) is 6.64. The lowest BCUT2D eigenvalue weighted by Gasteiger charge is -2.15. The number of hydrogen-bond acceptors (Lipinski definition) is 4. The molecule has 0 heterocycles. The van der Waals surface area contributed by atoms with Gasteiger partial charge in [0.05, 0.1) is 12.5 Å². The molecule has 0 aromatic rings. The van der Waals surface area contributed by atoms with E-state index >= 15 is 0 Å². The van der Waals surface area contributed by atoms with Gasteiger partial charge < -0.3 is 20.9 Å². The fourth-order valence-corrected chi connectivity index (χ4v) is 1.06. The monoisotopic (exact) mass is 218 g/mol. The highest BCUT2D eigenvalue weighted by Crippen LogP contribution is 1.97. The Hall–Kier alpha value is -1.14. The number of amides is 1. The molecule has 6 heteroatoms. The van der Waals surface area contributed by atoms with Gasteiger partial charge >= 0.3 is 5.97 Å². The predicted octanol–water partition coefficient (Wildman–Crippen LogP) is -0.670. The second-order valence-electron chi connectivity index (χ2n) is 3.16. The Morgan fingerprint density at radius 3 is 2.47 bits per heavy atom. The van der Waals surface area contributed by atoms with E-state index < -0.39 is 12.0 Å². The minimum Gasteiger partial charge on any atom is -0.480 e. The Morgan fingerprint density at radius 1 is 1.53 bits per heavy atom. The maximum atomic E-state index is 11.3. The van der Waals surface area contributed by atoms with Gasteiger partial charge in [0.25, 0.3) is 0 Å². The van der Waals surface area contributed by atoms with Crippen LogP contribution in [-0.4, -0.2) is 42.8 Å². The third kappa shape index (κ3) is 5.34. The van der Waals surface area contributed by atoms with Crippen LogP contribution in [0, 0.1) is 0 Å². The van der Waals surface area contributed by atoms with Crippen LogP contribution in [0.15, 0.2) is 0 Å². The SMILES string of the molecule is CC[C@H](NC(=O)CC(CN)OC)C(=O)O. The fraction of sp³-hybridized carbons (Fsp3) is 0.778. The second-order valence-corrected chi connectivity index (χ2v) is 3.16. The average Bonchev–Trinajstić information content (AvgIpc) is 2.22. The Bertz CT molecular complexity index is 216. The molecule has 4 N–H and O–H groups in total. The third-order valence-electron chi connectivity index (χ3n) is 2.05. The second kappa shape index (κ2) is 7.19. The van der Waals surface area contributed by atoms with Crippen LogP contribution in [0.2, 0.25) is 0 Å². The van der Waals surface area contributed by atoms with Gasteiger partial charge in [0.1, 0.15) is 6.04 Å². The number of nitrogens with one attached hydrogen (secondary N) is 1. The molecule has 0 aliphatic carbocycles. The summed E-state index contributed by atoms with van der Waals surface area (Å²) in [5, 5.41) is 11.1. The number of carboxylic acids is 1. The Labute approximate surface area is 88.8 Å². The van der Waals surface area contributed by atoms with Crippen molar-refractivity contribution in [3.05, 3.63) is 0 Å². The summed E-state index contributed by atoms with van der Waals surface area (Å²) < 4.78 is 4.91. The zero-order valence-corrected chi connectivity index (χ0v) is 9.03. The number of nitrogens with two attached hydrogens (primary N) is 1. The number of methoxy groups -OCH3 is 1. The molecule has 0 aliphatic rings. The summed E-state index contributed by atoms with van der Waals surface area (Å²) in [7, 11) is 1.46. The zero-order chi connectivity index (χ0) is 11.8. The maximum Gasteiger partial charge on any atom is 0.326 e. The molecule has 2 atom stereocenters. The van der Waals surface area contributed by atoms with Gasteiger partial charge in [-0.2, -0.15) is 0 Å². The van der Waals surface area contributed by atoms with Crippen LogP contribution < -0.4 is 11.1 Å². The molecule has 0 aromatic carbocycles. The number of carboxylic acid groups (broad SMARTS) is 1. The highest BCUT2D eigenvalue weighted by Gasteiger charge is 2.19. The van der Waals surface area contributed by atoms with E-state index in [9.17, 15) is 9.59 Å². The van der Waals surface area contributed by atoms with Crippen molar-refractivity contribution in [1.82, 2.24) is 5.32 Å². The molecule has 88 valence electrons. The van der Waals surface area contributed by atoms with Crippen molar-refractivity contribution < 1.29 is 19.4 Å². The quantitative estimate of drug-likeness (QED) is 0.526. The van der Waals surface area contributed by atoms with Crippen LogP contribution in [0.25, 0.3) is 0 Å². The van der Waals surface area contributed by atoms with E-state index in [2.05, 4.69) is 5.32 Å². The van der Waals surface area contributed by atoms with Gasteiger partial charge in [-0.05, 0) is 6.42 Å². The van der Waals surface area contributed by atoms with Gasteiger partial charge in [0, 0.05) is 13.7 Å². The lowest BCUT2D eigenvalue weighted by atomic mass is 10.2. The minimum absolute atomic E-state index is 0.0801. The summed E-state index contributed by atoms with van der Waals surface area (Å²) in [6.07, 6.45) is 0.0642. The first kappa shape index (κ1) is 13.9. The van der Waals surface area contributed by atoms with E-state index in [0.717, 1.165) is 0 Å². The van der Waals surface area contributed by atoms with Crippen molar-refractivity contribution in [3.63, 3.8) is 0 Å². The molecule has 1 unspecified atom stereocenters. The molecule has 0 aromatic heterocycles. The zero-order valence-electron chi connectivity index (χ0n) is 9.03. The van der Waals surface area contributed by atoms with Gasteiger partial charge in [0.15, 0.2) is 0 Å². The summed E-state index contributed by atoms with van der Waals surface area (Å²) in [5.41, 5.74) is 5.33. The molecule has 0 fully saturated rings. The Balaban J connectivity index is 4.06. The Morgan fingerprint density at radius 2 is 2.13 bits per heavy atom. The lowest BCUT2D eigenvalue weighted by molar-refractivity contribution is -0.142. The van der Waals surface area contributed by atoms with Crippen molar-refractivity contribution >= 4 is 11.9 Å². The lowest BCUT2D eigenvalue weighted by Crippen LogP contribution is -2.42. The third-order valence-corrected chi connectivity index (χ3v) is 2.05. The van der Waals surface area contributed by atoms with Gasteiger partial charge in [-0.3, -0.25) is 4.79 Å². The average molecular weight is 218 g/mol. The van der Waals surface area contributed by atoms with E-state index in [4.69, 9.17) is 15.6 Å². The van der Waals surface area contributed by atoms with E-state index in [1.54, 1.807) is 6.92 Å². The van der Waals surface area contributed by atoms with Crippen LogP contribution in [0.1, 0.15) is 19.8 Å². The molecule has 0 aliphatic heterocycles. The van der Waals surface area contributed by atoms with Crippen molar-refractivity contribution in [2.24, 2.45) is 5.73 Å². The molecular weight excluding hydrogens is 200 g/mol. The summed E-state index contributed by atoms with van der Waals surface area (Å²) in [6.45, 7) is 1.92. The minimum atomic E-state index is -1.03. The molecule has 15 heavy (non-hydrogen) atoms. The van der Waals surface area contributed by atoms with Crippen molar-refractivity contribution in [2.45, 2.75) is 31.9 Å². The maximum absolute atomic E-state index is 11.3. The van der Waals surface area contributed by atoms with Crippen LogP contribution in [-0.2, 0) is 14.3 Å². The first-order valence-electron chi connectivity index (χ1n) is 4.80. The van der Waals surface area contributed by atoms with Gasteiger partial charge in [-0.1, -0.05) is 6.92 Å². The molecule has 0 spiro atoms. The van der Waals surface area contributed by atoms with E-state index in [0.29, 0.717) is 6.42 Å². The van der Waals surface area contributed by atoms with Gasteiger partial charge in [-0.25, -0.2) is 4.79 Å². The van der Waals surface area contributed by atoms with E-state index in [1.165, 1.54) is 7.11 Å². The van der Waals surface area contributed by atoms with E-state index in [-0.39, 0.29) is 25.0 Å². The predicted molar refractivity (Wildman–Crippen MR) is 54.3 cm³/mol. The molecule has 0 saturated heterocycles. The highest BCUT2D eigenvalue weighted by atomic mass is 16.5. The molecule has 0 rings (SSSR count). The number of carbonyl (C=O) groups is 2. The largest absolute Gasteiger partial charge is 0.480 e. The fourth-order valence-electron chi connectivity index (χ4n) is 1.06. The van der Waals surface area contributed by atoms with Crippen molar-refractivity contribution in [3.8, 4) is 0 Å². The number of carbonyl (C=O) groups excluding carboxylic acids is 1. The standard InChI is InChI=1S/C9H18N2O4/c1-3-7(9(13)14)11-8(12)4-6(5-10)15-2/h6-7H,3-5,10H2,1-2H3,(H,11,12)(H,13,14)/t6?,7-/m0/s1. The van der Waals surface area contributed by atoms with E-state index in [1.807, 2.05) is 0 Å². The first-order chi connectivity index (χ1) is 7.04. The normalized spacial score (nSPS) is 14.3. The molecule has 0 bridgehead atoms. The first-order valence-corrected chi connectivity index (χ1v) is 4.80. The van der Waals surface area contributed by atoms with Crippen LogP contribution in [0.5, 0.6) is 0 Å². The molecule has 1 amide bonds. The van der Waals surface area contributed by atoms with Crippen molar-refractivity contribution in [1.29, 1.82) is 0 Å².